The predicted octanol–water partition coefficient (Wildman–Crippen LogP) is 11.2. The molecule has 2 aliphatic rings. The first-order valence-electron chi connectivity index (χ1n) is 18.4. The van der Waals surface area contributed by atoms with Crippen molar-refractivity contribution in [3.05, 3.63) is 77.4 Å². The quantitative estimate of drug-likeness (QED) is 0.248. The van der Waals surface area contributed by atoms with Crippen molar-refractivity contribution in [2.75, 3.05) is 13.2 Å². The number of carbonyl (C=O) groups excluding carboxylic acids is 2. The number of amides is 1. The maximum Gasteiger partial charge on any atom is 0.407 e. The van der Waals surface area contributed by atoms with Crippen LogP contribution in [-0.2, 0) is 27.1 Å². The van der Waals surface area contributed by atoms with Crippen LogP contribution < -0.4 is 5.32 Å². The van der Waals surface area contributed by atoms with Crippen molar-refractivity contribution < 1.29 is 19.1 Å². The Balaban J connectivity index is 0.000000797. The van der Waals surface area contributed by atoms with Gasteiger partial charge in [-0.15, -0.1) is 0 Å². The molecule has 4 rings (SSSR count). The molecule has 1 N–H and O–H groups in total. The number of Topliss-reactive ketones (excluding diaryl/α,β-unsaturated/α-hetero) is 1. The van der Waals surface area contributed by atoms with E-state index in [2.05, 4.69) is 101 Å². The summed E-state index contributed by atoms with van der Waals surface area (Å²) in [5.74, 6) is 0.531. The number of rotatable bonds is 12. The zero-order valence-electron chi connectivity index (χ0n) is 31.5. The zero-order valence-corrected chi connectivity index (χ0v) is 31.5. The van der Waals surface area contributed by atoms with Crippen LogP contribution in [0.1, 0.15) is 137 Å². The van der Waals surface area contributed by atoms with Crippen LogP contribution in [0.3, 0.4) is 0 Å². The summed E-state index contributed by atoms with van der Waals surface area (Å²) < 4.78 is 11.6. The van der Waals surface area contributed by atoms with Gasteiger partial charge in [0.1, 0.15) is 5.78 Å². The van der Waals surface area contributed by atoms with Gasteiger partial charge in [-0.1, -0.05) is 136 Å². The van der Waals surface area contributed by atoms with Crippen molar-refractivity contribution in [2.24, 2.45) is 11.3 Å². The highest BCUT2D eigenvalue weighted by Gasteiger charge is 2.40. The lowest BCUT2D eigenvalue weighted by atomic mass is 9.78. The Bertz CT molecular complexity index is 1180. The van der Waals surface area contributed by atoms with E-state index >= 15 is 0 Å². The van der Waals surface area contributed by atoms with Gasteiger partial charge in [-0.05, 0) is 73.1 Å². The van der Waals surface area contributed by atoms with Gasteiger partial charge in [-0.3, -0.25) is 0 Å². The number of unbranched alkanes of at least 4 members (excludes halogenated alkanes) is 1. The zero-order chi connectivity index (χ0) is 35.3. The number of alkyl carbamates (subject to hydrolysis) is 1. The van der Waals surface area contributed by atoms with E-state index < -0.39 is 0 Å². The smallest absolute Gasteiger partial charge is 0.407 e. The summed E-state index contributed by atoms with van der Waals surface area (Å²) in [5, 5.41) is 3.16. The number of allylic oxidation sites excluding steroid dienone is 1. The van der Waals surface area contributed by atoms with Gasteiger partial charge >= 0.3 is 6.09 Å². The fourth-order valence-electron chi connectivity index (χ4n) is 6.29. The number of ether oxygens (including phenoxy) is 2. The molecule has 0 saturated carbocycles. The third-order valence-corrected chi connectivity index (χ3v) is 8.67. The first kappa shape index (κ1) is 42.1. The molecule has 1 amide bonds. The molecule has 3 atom stereocenters. The highest BCUT2D eigenvalue weighted by atomic mass is 16.6. The number of cyclic esters (lactones) is 1. The van der Waals surface area contributed by atoms with Gasteiger partial charge in [0.25, 0.3) is 0 Å². The lowest BCUT2D eigenvalue weighted by Gasteiger charge is -2.43. The largest absolute Gasteiger partial charge is 0.449 e. The topological polar surface area (TPSA) is 64.6 Å². The van der Waals surface area contributed by atoms with Crippen LogP contribution in [0.5, 0.6) is 0 Å². The standard InChI is InChI=1S/C31H41NO3.C7H14O.2C2H6/c1-3-4-20-31(21-22-34-30(33)32-31)24(2)23-35-28-18-16-27(17-19-28)29-13-9-8-12-26(29)15-14-25-10-6-5-7-11-25;1-6(8)5-7(2,3)4;2*1-2/h5-13,16,24,28H,3-4,14-15,17-23H2,1-2H3,(H,32,33);5H2,1-4H3;2*1-2H3. The number of nitrogens with one attached hydrogen (secondary N) is 1. The maximum absolute atomic E-state index is 12.0. The Morgan fingerprint density at radius 2 is 1.68 bits per heavy atom. The summed E-state index contributed by atoms with van der Waals surface area (Å²) in [5.41, 5.74) is 5.64. The van der Waals surface area contributed by atoms with Gasteiger partial charge in [0.15, 0.2) is 0 Å². The monoisotopic (exact) mass is 650 g/mol. The molecule has 0 spiro atoms. The lowest BCUT2D eigenvalue weighted by molar-refractivity contribution is -0.118. The minimum absolute atomic E-state index is 0.172. The second-order valence-corrected chi connectivity index (χ2v) is 13.7. The van der Waals surface area contributed by atoms with Crippen molar-refractivity contribution in [1.82, 2.24) is 5.32 Å². The molecule has 5 nitrogen and oxygen atoms in total. The Labute approximate surface area is 288 Å². The van der Waals surface area contributed by atoms with Crippen molar-refractivity contribution in [2.45, 2.75) is 145 Å². The minimum Gasteiger partial charge on any atom is -0.449 e. The molecule has 2 aromatic rings. The van der Waals surface area contributed by atoms with E-state index in [1.54, 1.807) is 6.92 Å². The predicted molar refractivity (Wildman–Crippen MR) is 200 cm³/mol. The number of carbonyl (C=O) groups is 2. The van der Waals surface area contributed by atoms with Gasteiger partial charge in [0, 0.05) is 18.8 Å². The van der Waals surface area contributed by atoms with E-state index in [1.165, 1.54) is 22.3 Å². The van der Waals surface area contributed by atoms with Gasteiger partial charge in [0.2, 0.25) is 0 Å². The molecule has 0 bridgehead atoms. The summed E-state index contributed by atoms with van der Waals surface area (Å²) in [6.45, 7) is 21.4. The van der Waals surface area contributed by atoms with Crippen LogP contribution in [0.25, 0.3) is 5.57 Å². The van der Waals surface area contributed by atoms with Crippen molar-refractivity contribution in [3.63, 3.8) is 0 Å². The summed E-state index contributed by atoms with van der Waals surface area (Å²) >= 11 is 0. The molecular weight excluding hydrogens is 582 g/mol. The van der Waals surface area contributed by atoms with E-state index in [-0.39, 0.29) is 34.9 Å². The number of benzene rings is 2. The molecule has 1 aliphatic heterocycles. The van der Waals surface area contributed by atoms with E-state index in [1.807, 2.05) is 27.7 Å². The molecule has 1 saturated heterocycles. The van der Waals surface area contributed by atoms with Crippen LogP contribution >= 0.6 is 0 Å². The fraction of sp³-hybridized carbons (Fsp3) is 0.619. The third-order valence-electron chi connectivity index (χ3n) is 8.67. The molecular formula is C42H67NO4. The molecule has 1 fully saturated rings. The summed E-state index contributed by atoms with van der Waals surface area (Å²) in [6.07, 6.45) is 12.3. The van der Waals surface area contributed by atoms with Gasteiger partial charge in [-0.25, -0.2) is 4.79 Å². The molecule has 264 valence electrons. The SMILES string of the molecule is CC.CC.CC(=O)CC(C)(C)C.CCCCC1(C(C)COC2CC=C(c3ccccc3CCc3ccccc3)CC2)CCOC(=O)N1. The normalized spacial score (nSPS) is 19.5. The number of ketones is 1. The van der Waals surface area contributed by atoms with E-state index in [9.17, 15) is 9.59 Å². The van der Waals surface area contributed by atoms with Crippen molar-refractivity contribution in [3.8, 4) is 0 Å². The minimum atomic E-state index is -0.282. The summed E-state index contributed by atoms with van der Waals surface area (Å²) in [7, 11) is 0. The average Bonchev–Trinajstić information content (AvgIpc) is 3.07. The van der Waals surface area contributed by atoms with Crippen LogP contribution in [0.15, 0.2) is 60.7 Å². The van der Waals surface area contributed by atoms with Crippen molar-refractivity contribution >= 4 is 17.4 Å². The number of hydrogen-bond acceptors (Lipinski definition) is 4. The van der Waals surface area contributed by atoms with Crippen LogP contribution in [0.2, 0.25) is 0 Å². The molecule has 1 aliphatic carbocycles. The molecule has 47 heavy (non-hydrogen) atoms. The molecule has 5 heteroatoms. The molecule has 0 aromatic heterocycles. The van der Waals surface area contributed by atoms with Crippen LogP contribution in [0, 0.1) is 11.3 Å². The Kier molecular flexibility index (Phi) is 20.3. The molecule has 1 heterocycles. The number of hydrogen-bond donors (Lipinski definition) is 1. The molecule has 2 aromatic carbocycles. The summed E-state index contributed by atoms with van der Waals surface area (Å²) in [6, 6.07) is 19.6. The highest BCUT2D eigenvalue weighted by Crippen LogP contribution is 2.34. The second kappa shape index (κ2) is 22.6. The van der Waals surface area contributed by atoms with E-state index in [0.29, 0.717) is 19.6 Å². The fourth-order valence-corrected chi connectivity index (χ4v) is 6.29. The molecule has 0 radical (unpaired) electrons. The first-order chi connectivity index (χ1) is 22.5. The van der Waals surface area contributed by atoms with Gasteiger partial charge in [-0.2, -0.15) is 0 Å². The van der Waals surface area contributed by atoms with Crippen LogP contribution in [-0.4, -0.2) is 36.7 Å². The van der Waals surface area contributed by atoms with Crippen molar-refractivity contribution in [1.29, 1.82) is 0 Å². The summed E-state index contributed by atoms with van der Waals surface area (Å²) in [4.78, 5) is 22.5. The molecule has 3 unspecified atom stereocenters. The Morgan fingerprint density at radius 1 is 1.02 bits per heavy atom. The average molecular weight is 650 g/mol. The highest BCUT2D eigenvalue weighted by molar-refractivity contribution is 5.76. The number of aryl methyl sites for hydroxylation is 2. The second-order valence-electron chi connectivity index (χ2n) is 13.7. The van der Waals surface area contributed by atoms with Crippen LogP contribution in [0.4, 0.5) is 4.79 Å². The maximum atomic E-state index is 12.0. The van der Waals surface area contributed by atoms with Gasteiger partial charge in [0.05, 0.1) is 24.9 Å². The lowest BCUT2D eigenvalue weighted by Crippen LogP contribution is -2.58. The van der Waals surface area contributed by atoms with E-state index in [0.717, 1.165) is 57.8 Å². The van der Waals surface area contributed by atoms with Gasteiger partial charge < -0.3 is 19.6 Å². The first-order valence-corrected chi connectivity index (χ1v) is 18.4. The van der Waals surface area contributed by atoms with E-state index in [4.69, 9.17) is 9.47 Å². The Hall–Kier alpha value is -2.92. The third kappa shape index (κ3) is 15.7. The Morgan fingerprint density at radius 3 is 2.23 bits per heavy atom.